The summed E-state index contributed by atoms with van der Waals surface area (Å²) < 4.78 is 4.87. The summed E-state index contributed by atoms with van der Waals surface area (Å²) >= 11 is 0. The largest absolute Gasteiger partial charge is 0.458 e. The standard InChI is InChI=1S/C7H16N2O3/c1-7(2,3)12-6(11)5(10)4-9-8/h5,9-10H,4,8H2,1-3H3. The molecule has 12 heavy (non-hydrogen) atoms. The van der Waals surface area contributed by atoms with Gasteiger partial charge < -0.3 is 9.84 Å². The van der Waals surface area contributed by atoms with Gasteiger partial charge in [0.1, 0.15) is 5.60 Å². The first-order valence-electron chi connectivity index (χ1n) is 3.71. The summed E-state index contributed by atoms with van der Waals surface area (Å²) in [4.78, 5) is 11.0. The van der Waals surface area contributed by atoms with Crippen LogP contribution in [0.3, 0.4) is 0 Å². The summed E-state index contributed by atoms with van der Waals surface area (Å²) in [7, 11) is 0. The van der Waals surface area contributed by atoms with E-state index in [1.807, 2.05) is 0 Å². The zero-order valence-electron chi connectivity index (χ0n) is 7.63. The molecule has 0 saturated carbocycles. The van der Waals surface area contributed by atoms with Gasteiger partial charge in [0.15, 0.2) is 6.10 Å². The fourth-order valence-electron chi connectivity index (χ4n) is 0.565. The summed E-state index contributed by atoms with van der Waals surface area (Å²) in [5.74, 6) is 4.25. The van der Waals surface area contributed by atoms with Gasteiger partial charge in [-0.15, -0.1) is 0 Å². The van der Waals surface area contributed by atoms with Crippen LogP contribution >= 0.6 is 0 Å². The molecule has 5 nitrogen and oxygen atoms in total. The highest BCUT2D eigenvalue weighted by molar-refractivity contribution is 5.75. The van der Waals surface area contributed by atoms with Gasteiger partial charge >= 0.3 is 5.97 Å². The number of rotatable bonds is 3. The second kappa shape index (κ2) is 4.39. The Labute approximate surface area is 71.9 Å². The molecule has 0 aromatic heterocycles. The molecule has 72 valence electrons. The number of carbonyl (C=O) groups is 1. The van der Waals surface area contributed by atoms with Crippen molar-refractivity contribution in [1.29, 1.82) is 0 Å². The molecular weight excluding hydrogens is 160 g/mol. The van der Waals surface area contributed by atoms with Crippen LogP contribution in [0, 0.1) is 0 Å². The molecule has 0 radical (unpaired) electrons. The van der Waals surface area contributed by atoms with Crippen LogP contribution in [0.2, 0.25) is 0 Å². The monoisotopic (exact) mass is 176 g/mol. The van der Waals surface area contributed by atoms with Crippen LogP contribution in [0.25, 0.3) is 0 Å². The predicted molar refractivity (Wildman–Crippen MR) is 44.0 cm³/mol. The third-order valence-corrected chi connectivity index (χ3v) is 0.990. The van der Waals surface area contributed by atoms with Crippen LogP contribution in [-0.2, 0) is 9.53 Å². The summed E-state index contributed by atoms with van der Waals surface area (Å²) in [5.41, 5.74) is 1.61. The van der Waals surface area contributed by atoms with Crippen molar-refractivity contribution in [3.05, 3.63) is 0 Å². The molecule has 5 heteroatoms. The first kappa shape index (κ1) is 11.4. The average molecular weight is 176 g/mol. The van der Waals surface area contributed by atoms with Gasteiger partial charge in [0.05, 0.1) is 0 Å². The molecule has 1 unspecified atom stereocenters. The molecule has 0 fully saturated rings. The van der Waals surface area contributed by atoms with E-state index in [0.29, 0.717) is 0 Å². The van der Waals surface area contributed by atoms with Gasteiger partial charge in [-0.25, -0.2) is 4.79 Å². The third kappa shape index (κ3) is 5.06. The number of ether oxygens (including phenoxy) is 1. The summed E-state index contributed by atoms with van der Waals surface area (Å²) in [6, 6.07) is 0. The molecule has 0 aliphatic heterocycles. The summed E-state index contributed by atoms with van der Waals surface area (Å²) in [6.45, 7) is 5.18. The minimum Gasteiger partial charge on any atom is -0.458 e. The number of carbonyl (C=O) groups excluding carboxylic acids is 1. The Morgan fingerprint density at radius 3 is 2.50 bits per heavy atom. The molecule has 0 rings (SSSR count). The number of aliphatic hydroxyl groups excluding tert-OH is 1. The molecule has 0 saturated heterocycles. The van der Waals surface area contributed by atoms with Crippen LogP contribution in [0.15, 0.2) is 0 Å². The molecule has 0 bridgehead atoms. The predicted octanol–water partition coefficient (Wildman–Crippen LogP) is -0.848. The van der Waals surface area contributed by atoms with Crippen molar-refractivity contribution in [2.75, 3.05) is 6.54 Å². The Hall–Kier alpha value is -0.650. The minimum absolute atomic E-state index is 0.00505. The topological polar surface area (TPSA) is 84.6 Å². The van der Waals surface area contributed by atoms with E-state index >= 15 is 0 Å². The lowest BCUT2D eigenvalue weighted by molar-refractivity contribution is -0.164. The molecule has 0 heterocycles. The lowest BCUT2D eigenvalue weighted by atomic mass is 10.2. The van der Waals surface area contributed by atoms with Crippen LogP contribution in [-0.4, -0.2) is 29.3 Å². The molecular formula is C7H16N2O3. The zero-order chi connectivity index (χ0) is 9.78. The minimum atomic E-state index is -1.20. The van der Waals surface area contributed by atoms with Crippen LogP contribution in [0.1, 0.15) is 20.8 Å². The highest BCUT2D eigenvalue weighted by Crippen LogP contribution is 2.07. The molecule has 0 amide bonds. The van der Waals surface area contributed by atoms with Crippen molar-refractivity contribution >= 4 is 5.97 Å². The van der Waals surface area contributed by atoms with Gasteiger partial charge in [-0.1, -0.05) is 0 Å². The summed E-state index contributed by atoms with van der Waals surface area (Å²) in [6.07, 6.45) is -1.20. The Kier molecular flexibility index (Phi) is 4.16. The second-order valence-electron chi connectivity index (χ2n) is 3.46. The maximum atomic E-state index is 11.0. The smallest absolute Gasteiger partial charge is 0.336 e. The van der Waals surface area contributed by atoms with Crippen molar-refractivity contribution in [3.8, 4) is 0 Å². The van der Waals surface area contributed by atoms with Gasteiger partial charge in [0, 0.05) is 6.54 Å². The Morgan fingerprint density at radius 1 is 1.67 bits per heavy atom. The van der Waals surface area contributed by atoms with E-state index in [-0.39, 0.29) is 6.54 Å². The maximum absolute atomic E-state index is 11.0. The summed E-state index contributed by atoms with van der Waals surface area (Å²) in [5, 5.41) is 9.06. The molecule has 0 spiro atoms. The third-order valence-electron chi connectivity index (χ3n) is 0.990. The van der Waals surface area contributed by atoms with E-state index in [1.165, 1.54) is 0 Å². The average Bonchev–Trinajstić information content (AvgIpc) is 1.84. The number of hydrogen-bond donors (Lipinski definition) is 3. The number of hydrazine groups is 1. The van der Waals surface area contributed by atoms with Crippen LogP contribution in [0.5, 0.6) is 0 Å². The van der Waals surface area contributed by atoms with Gasteiger partial charge in [-0.05, 0) is 20.8 Å². The van der Waals surface area contributed by atoms with Crippen molar-refractivity contribution < 1.29 is 14.6 Å². The molecule has 1 atom stereocenters. The molecule has 0 aliphatic rings. The number of aliphatic hydroxyl groups is 1. The van der Waals surface area contributed by atoms with Crippen molar-refractivity contribution in [2.45, 2.75) is 32.5 Å². The SMILES string of the molecule is CC(C)(C)OC(=O)C(O)CNN. The highest BCUT2D eigenvalue weighted by Gasteiger charge is 2.22. The van der Waals surface area contributed by atoms with E-state index in [1.54, 1.807) is 20.8 Å². The van der Waals surface area contributed by atoms with E-state index in [2.05, 4.69) is 5.43 Å². The Morgan fingerprint density at radius 2 is 2.17 bits per heavy atom. The molecule has 4 N–H and O–H groups in total. The van der Waals surface area contributed by atoms with Crippen LogP contribution in [0.4, 0.5) is 0 Å². The quantitative estimate of drug-likeness (QED) is 0.296. The van der Waals surface area contributed by atoms with E-state index < -0.39 is 17.7 Å². The number of nitrogens with two attached hydrogens (primary N) is 1. The lowest BCUT2D eigenvalue weighted by Gasteiger charge is -2.21. The van der Waals surface area contributed by atoms with Crippen LogP contribution < -0.4 is 11.3 Å². The normalized spacial score (nSPS) is 14.1. The Bertz CT molecular complexity index is 153. The number of nitrogens with one attached hydrogen (secondary N) is 1. The van der Waals surface area contributed by atoms with E-state index in [9.17, 15) is 4.79 Å². The first-order valence-corrected chi connectivity index (χ1v) is 3.71. The highest BCUT2D eigenvalue weighted by atomic mass is 16.6. The van der Waals surface area contributed by atoms with E-state index in [0.717, 1.165) is 0 Å². The van der Waals surface area contributed by atoms with Gasteiger partial charge in [0.2, 0.25) is 0 Å². The van der Waals surface area contributed by atoms with Gasteiger partial charge in [-0.2, -0.15) is 0 Å². The van der Waals surface area contributed by atoms with Crippen molar-refractivity contribution in [3.63, 3.8) is 0 Å². The first-order chi connectivity index (χ1) is 5.37. The molecule has 0 aromatic rings. The van der Waals surface area contributed by atoms with Crippen molar-refractivity contribution in [1.82, 2.24) is 5.43 Å². The lowest BCUT2D eigenvalue weighted by Crippen LogP contribution is -2.40. The fourth-order valence-corrected chi connectivity index (χ4v) is 0.565. The van der Waals surface area contributed by atoms with E-state index in [4.69, 9.17) is 15.7 Å². The Balaban J connectivity index is 3.87. The molecule has 0 aromatic carbocycles. The van der Waals surface area contributed by atoms with Gasteiger partial charge in [-0.3, -0.25) is 11.3 Å². The van der Waals surface area contributed by atoms with Crippen molar-refractivity contribution in [2.24, 2.45) is 5.84 Å². The maximum Gasteiger partial charge on any atom is 0.336 e. The van der Waals surface area contributed by atoms with Gasteiger partial charge in [0.25, 0.3) is 0 Å². The second-order valence-corrected chi connectivity index (χ2v) is 3.46. The molecule has 0 aliphatic carbocycles. The fraction of sp³-hybridized carbons (Fsp3) is 0.857. The zero-order valence-corrected chi connectivity index (χ0v) is 7.63. The number of hydrogen-bond acceptors (Lipinski definition) is 5. The number of esters is 1.